The van der Waals surface area contributed by atoms with Gasteiger partial charge in [-0.2, -0.15) is 5.10 Å². The zero-order chi connectivity index (χ0) is 16.2. The van der Waals surface area contributed by atoms with Crippen LogP contribution in [0.3, 0.4) is 0 Å². The molecule has 0 spiro atoms. The molecule has 7 nitrogen and oxygen atoms in total. The van der Waals surface area contributed by atoms with Crippen LogP contribution in [0.15, 0.2) is 6.20 Å². The van der Waals surface area contributed by atoms with Gasteiger partial charge in [0.1, 0.15) is 6.04 Å². The number of hydrogen-bond donors (Lipinski definition) is 3. The van der Waals surface area contributed by atoms with E-state index in [-0.39, 0.29) is 0 Å². The topological polar surface area (TPSA) is 96.3 Å². The number of hydrogen-bond acceptors (Lipinski definition) is 3. The molecule has 0 bridgehead atoms. The number of carboxylic acids is 1. The average Bonchev–Trinajstić information content (AvgIpc) is 2.72. The summed E-state index contributed by atoms with van der Waals surface area (Å²) in [6.07, 6.45) is 2.62. The van der Waals surface area contributed by atoms with Gasteiger partial charge in [0.15, 0.2) is 0 Å². The van der Waals surface area contributed by atoms with E-state index >= 15 is 0 Å². The summed E-state index contributed by atoms with van der Waals surface area (Å²) in [5.41, 5.74) is 1.28. The molecule has 21 heavy (non-hydrogen) atoms. The van der Waals surface area contributed by atoms with Gasteiger partial charge in [0.25, 0.3) is 0 Å². The lowest BCUT2D eigenvalue weighted by Crippen LogP contribution is -2.52. The van der Waals surface area contributed by atoms with Crippen LogP contribution in [-0.4, -0.2) is 32.9 Å². The normalized spacial score (nSPS) is 12.8. The number of aromatic nitrogens is 2. The number of carbonyl (C=O) groups is 2. The first-order valence-electron chi connectivity index (χ1n) is 6.93. The third-order valence-electron chi connectivity index (χ3n) is 3.15. The highest BCUT2D eigenvalue weighted by Gasteiger charge is 2.32. The molecule has 7 heteroatoms. The Morgan fingerprint density at radius 1 is 1.43 bits per heavy atom. The summed E-state index contributed by atoms with van der Waals surface area (Å²) in [7, 11) is 1.82. The second-order valence-electron chi connectivity index (χ2n) is 6.09. The van der Waals surface area contributed by atoms with Crippen LogP contribution in [0.1, 0.15) is 39.0 Å². The largest absolute Gasteiger partial charge is 0.480 e. The highest BCUT2D eigenvalue weighted by atomic mass is 16.4. The molecule has 0 saturated heterocycles. The van der Waals surface area contributed by atoms with Gasteiger partial charge in [-0.05, 0) is 11.8 Å². The summed E-state index contributed by atoms with van der Waals surface area (Å²) in [5.74, 6) is -1.05. The fourth-order valence-corrected chi connectivity index (χ4v) is 2.04. The Bertz CT molecular complexity index is 517. The zero-order valence-electron chi connectivity index (χ0n) is 13.2. The van der Waals surface area contributed by atoms with E-state index in [1.807, 2.05) is 20.2 Å². The summed E-state index contributed by atoms with van der Waals surface area (Å²) >= 11 is 0. The predicted molar refractivity (Wildman–Crippen MR) is 78.8 cm³/mol. The van der Waals surface area contributed by atoms with E-state index < -0.39 is 23.5 Å². The van der Waals surface area contributed by atoms with Crippen molar-refractivity contribution in [1.82, 2.24) is 20.4 Å². The van der Waals surface area contributed by atoms with Crippen molar-refractivity contribution < 1.29 is 14.7 Å². The summed E-state index contributed by atoms with van der Waals surface area (Å²) < 4.78 is 1.70. The molecule has 2 amide bonds. The molecule has 0 aromatic carbocycles. The SMILES string of the molecule is CCc1nn(C)cc1CNC(=O)N[C@@H](C(=O)O)C(C)(C)C. The van der Waals surface area contributed by atoms with Crippen LogP contribution < -0.4 is 10.6 Å². The van der Waals surface area contributed by atoms with Crippen LogP contribution in [0.5, 0.6) is 0 Å². The Kier molecular flexibility index (Phi) is 5.34. The number of aryl methyl sites for hydroxylation is 2. The van der Waals surface area contributed by atoms with E-state index in [0.29, 0.717) is 6.54 Å². The van der Waals surface area contributed by atoms with Crippen LogP contribution >= 0.6 is 0 Å². The lowest BCUT2D eigenvalue weighted by molar-refractivity contribution is -0.141. The molecule has 1 heterocycles. The molecule has 1 rings (SSSR count). The molecule has 0 aliphatic heterocycles. The maximum atomic E-state index is 11.9. The van der Waals surface area contributed by atoms with E-state index in [2.05, 4.69) is 15.7 Å². The van der Waals surface area contributed by atoms with Gasteiger partial charge in [-0.25, -0.2) is 9.59 Å². The van der Waals surface area contributed by atoms with Crippen LogP contribution in [0, 0.1) is 5.41 Å². The maximum absolute atomic E-state index is 11.9. The summed E-state index contributed by atoms with van der Waals surface area (Å²) in [5, 5.41) is 18.6. The van der Waals surface area contributed by atoms with Gasteiger partial charge in [-0.3, -0.25) is 4.68 Å². The van der Waals surface area contributed by atoms with Crippen molar-refractivity contribution in [2.45, 2.75) is 46.7 Å². The average molecular weight is 296 g/mol. The first-order valence-corrected chi connectivity index (χ1v) is 6.93. The lowest BCUT2D eigenvalue weighted by atomic mass is 9.87. The van der Waals surface area contributed by atoms with Gasteiger partial charge in [-0.15, -0.1) is 0 Å². The van der Waals surface area contributed by atoms with Gasteiger partial charge < -0.3 is 15.7 Å². The van der Waals surface area contributed by atoms with Crippen molar-refractivity contribution in [3.8, 4) is 0 Å². The van der Waals surface area contributed by atoms with Crippen molar-refractivity contribution in [2.75, 3.05) is 0 Å². The lowest BCUT2D eigenvalue weighted by Gasteiger charge is -2.27. The molecule has 1 aromatic heterocycles. The van der Waals surface area contributed by atoms with Crippen molar-refractivity contribution >= 4 is 12.0 Å². The van der Waals surface area contributed by atoms with Crippen LogP contribution in [0.4, 0.5) is 4.79 Å². The molecule has 118 valence electrons. The quantitative estimate of drug-likeness (QED) is 0.762. The van der Waals surface area contributed by atoms with Crippen molar-refractivity contribution in [1.29, 1.82) is 0 Å². The molecule has 0 aliphatic rings. The Morgan fingerprint density at radius 3 is 2.52 bits per heavy atom. The van der Waals surface area contributed by atoms with Crippen molar-refractivity contribution in [3.63, 3.8) is 0 Å². The van der Waals surface area contributed by atoms with Gasteiger partial charge in [0.05, 0.1) is 5.69 Å². The van der Waals surface area contributed by atoms with E-state index in [9.17, 15) is 14.7 Å². The number of carbonyl (C=O) groups excluding carboxylic acids is 1. The standard InChI is InChI=1S/C14H24N4O3/c1-6-10-9(8-18(5)17-10)7-15-13(21)16-11(12(19)20)14(2,3)4/h8,11H,6-7H2,1-5H3,(H,19,20)(H2,15,16,21)/t11-/m0/s1. The van der Waals surface area contributed by atoms with Gasteiger partial charge in [-0.1, -0.05) is 27.7 Å². The minimum absolute atomic E-state index is 0.319. The Morgan fingerprint density at radius 2 is 2.05 bits per heavy atom. The third-order valence-corrected chi connectivity index (χ3v) is 3.15. The first kappa shape index (κ1) is 17.0. The monoisotopic (exact) mass is 296 g/mol. The fraction of sp³-hybridized carbons (Fsp3) is 0.643. The van der Waals surface area contributed by atoms with Gasteiger partial charge >= 0.3 is 12.0 Å². The molecular weight excluding hydrogens is 272 g/mol. The number of nitrogens with one attached hydrogen (secondary N) is 2. The summed E-state index contributed by atoms with van der Waals surface area (Å²) in [6.45, 7) is 7.61. The molecule has 1 atom stereocenters. The second-order valence-corrected chi connectivity index (χ2v) is 6.09. The molecule has 0 unspecified atom stereocenters. The van der Waals surface area contributed by atoms with Crippen LogP contribution in [0.2, 0.25) is 0 Å². The molecule has 0 saturated carbocycles. The smallest absolute Gasteiger partial charge is 0.326 e. The Hall–Kier alpha value is -2.05. The Balaban J connectivity index is 2.63. The number of urea groups is 1. The maximum Gasteiger partial charge on any atom is 0.326 e. The van der Waals surface area contributed by atoms with Gasteiger partial charge in [0.2, 0.25) is 0 Å². The number of nitrogens with zero attached hydrogens (tertiary/aromatic N) is 2. The van der Waals surface area contributed by atoms with E-state index in [0.717, 1.165) is 17.7 Å². The minimum atomic E-state index is -1.05. The third kappa shape index (κ3) is 4.77. The van der Waals surface area contributed by atoms with Crippen LogP contribution in [0.25, 0.3) is 0 Å². The predicted octanol–water partition coefficient (Wildman–Crippen LogP) is 1.28. The minimum Gasteiger partial charge on any atom is -0.480 e. The summed E-state index contributed by atoms with van der Waals surface area (Å²) in [4.78, 5) is 23.1. The van der Waals surface area contributed by atoms with Gasteiger partial charge in [0, 0.05) is 25.4 Å². The van der Waals surface area contributed by atoms with Crippen molar-refractivity contribution in [2.24, 2.45) is 12.5 Å². The zero-order valence-corrected chi connectivity index (χ0v) is 13.2. The molecule has 0 fully saturated rings. The number of rotatable bonds is 5. The first-order chi connectivity index (χ1) is 9.65. The molecule has 0 radical (unpaired) electrons. The Labute approximate surface area is 124 Å². The second kappa shape index (κ2) is 6.60. The van der Waals surface area contributed by atoms with E-state index in [1.165, 1.54) is 0 Å². The fourth-order valence-electron chi connectivity index (χ4n) is 2.04. The number of aliphatic carboxylic acids is 1. The van der Waals surface area contributed by atoms with E-state index in [4.69, 9.17) is 0 Å². The van der Waals surface area contributed by atoms with Crippen LogP contribution in [-0.2, 0) is 24.8 Å². The number of carboxylic acid groups (broad SMARTS) is 1. The molecule has 0 aliphatic carbocycles. The highest BCUT2D eigenvalue weighted by molar-refractivity contribution is 5.83. The highest BCUT2D eigenvalue weighted by Crippen LogP contribution is 2.19. The number of amides is 2. The molecular formula is C14H24N4O3. The molecule has 1 aromatic rings. The van der Waals surface area contributed by atoms with E-state index in [1.54, 1.807) is 25.5 Å². The molecule has 3 N–H and O–H groups in total. The summed E-state index contributed by atoms with van der Waals surface area (Å²) in [6, 6.07) is -1.44. The van der Waals surface area contributed by atoms with Crippen molar-refractivity contribution in [3.05, 3.63) is 17.5 Å².